The van der Waals surface area contributed by atoms with Crippen LogP contribution in [0.4, 0.5) is 10.1 Å². The van der Waals surface area contributed by atoms with Crippen LogP contribution in [-0.4, -0.2) is 23.2 Å². The maximum atomic E-state index is 13.0. The molecule has 0 aliphatic heterocycles. The van der Waals surface area contributed by atoms with Gasteiger partial charge in [-0.05, 0) is 31.0 Å². The number of rotatable bonds is 2. The van der Waals surface area contributed by atoms with Gasteiger partial charge >= 0.3 is 0 Å². The Bertz CT molecular complexity index is 451. The lowest BCUT2D eigenvalue weighted by Gasteiger charge is -2.28. The number of aliphatic hydroxyl groups is 1. The van der Waals surface area contributed by atoms with E-state index in [0.29, 0.717) is 12.0 Å². The summed E-state index contributed by atoms with van der Waals surface area (Å²) < 4.78 is 13.0. The summed E-state index contributed by atoms with van der Waals surface area (Å²) in [5, 5.41) is 12.5. The molecule has 0 bridgehead atoms. The van der Waals surface area contributed by atoms with Crippen molar-refractivity contribution in [2.24, 2.45) is 0 Å². The van der Waals surface area contributed by atoms with Crippen LogP contribution in [0.5, 0.6) is 0 Å². The quantitative estimate of drug-likeness (QED) is 0.697. The lowest BCUT2D eigenvalue weighted by atomic mass is 9.92. The smallest absolute Gasteiger partial charge is 0.251 e. The molecule has 1 aromatic rings. The summed E-state index contributed by atoms with van der Waals surface area (Å²) in [6, 6.07) is 3.63. The first-order valence-electron chi connectivity index (χ1n) is 6.12. The molecule has 1 aliphatic carbocycles. The lowest BCUT2D eigenvalue weighted by molar-refractivity contribution is 0.0717. The Kier molecular flexibility index (Phi) is 3.81. The van der Waals surface area contributed by atoms with Crippen LogP contribution in [0.15, 0.2) is 18.2 Å². The standard InChI is InChI=1S/C13H17FN2O2/c14-9-6-5-8(7-10(9)15)13(18)16-11-3-1-2-4-12(11)17/h5-7,11-12,17H,1-4,15H2,(H,16,18)/t11-,12-/m1/s1. The van der Waals surface area contributed by atoms with Crippen LogP contribution in [-0.2, 0) is 0 Å². The zero-order chi connectivity index (χ0) is 13.1. The van der Waals surface area contributed by atoms with Crippen molar-refractivity contribution in [3.8, 4) is 0 Å². The van der Waals surface area contributed by atoms with Crippen LogP contribution in [0.1, 0.15) is 36.0 Å². The van der Waals surface area contributed by atoms with E-state index in [9.17, 15) is 14.3 Å². The maximum Gasteiger partial charge on any atom is 0.251 e. The maximum absolute atomic E-state index is 13.0. The first kappa shape index (κ1) is 12.8. The second-order valence-electron chi connectivity index (χ2n) is 4.67. The number of nitrogens with two attached hydrogens (primary N) is 1. The third-order valence-corrected chi connectivity index (χ3v) is 3.30. The molecule has 5 heteroatoms. The van der Waals surface area contributed by atoms with E-state index in [1.807, 2.05) is 0 Å². The highest BCUT2D eigenvalue weighted by molar-refractivity contribution is 5.95. The van der Waals surface area contributed by atoms with Gasteiger partial charge in [0.05, 0.1) is 17.8 Å². The van der Waals surface area contributed by atoms with Gasteiger partial charge in [0.2, 0.25) is 0 Å². The van der Waals surface area contributed by atoms with Crippen LogP contribution in [0, 0.1) is 5.82 Å². The zero-order valence-electron chi connectivity index (χ0n) is 10.0. The van der Waals surface area contributed by atoms with Gasteiger partial charge in [-0.2, -0.15) is 0 Å². The van der Waals surface area contributed by atoms with Crippen LogP contribution >= 0.6 is 0 Å². The zero-order valence-corrected chi connectivity index (χ0v) is 10.0. The van der Waals surface area contributed by atoms with E-state index < -0.39 is 11.9 Å². The molecule has 98 valence electrons. The molecular weight excluding hydrogens is 235 g/mol. The largest absolute Gasteiger partial charge is 0.396 e. The highest BCUT2D eigenvalue weighted by Crippen LogP contribution is 2.19. The molecule has 1 aliphatic rings. The van der Waals surface area contributed by atoms with Gasteiger partial charge in [-0.25, -0.2) is 4.39 Å². The van der Waals surface area contributed by atoms with Gasteiger partial charge in [-0.1, -0.05) is 12.8 Å². The molecule has 1 fully saturated rings. The summed E-state index contributed by atoms with van der Waals surface area (Å²) in [6.07, 6.45) is 2.95. The van der Waals surface area contributed by atoms with Gasteiger partial charge in [-0.15, -0.1) is 0 Å². The minimum absolute atomic E-state index is 0.0492. The highest BCUT2D eigenvalue weighted by Gasteiger charge is 2.24. The van der Waals surface area contributed by atoms with Crippen LogP contribution in [0.25, 0.3) is 0 Å². The van der Waals surface area contributed by atoms with Gasteiger partial charge in [0.1, 0.15) is 5.82 Å². The van der Waals surface area contributed by atoms with Gasteiger partial charge in [0.15, 0.2) is 0 Å². The van der Waals surface area contributed by atoms with Crippen molar-refractivity contribution < 1.29 is 14.3 Å². The van der Waals surface area contributed by atoms with E-state index in [4.69, 9.17) is 5.73 Å². The van der Waals surface area contributed by atoms with E-state index >= 15 is 0 Å². The van der Waals surface area contributed by atoms with Gasteiger partial charge in [-0.3, -0.25) is 4.79 Å². The van der Waals surface area contributed by atoms with Crippen molar-refractivity contribution in [3.05, 3.63) is 29.6 Å². The second-order valence-corrected chi connectivity index (χ2v) is 4.67. The average molecular weight is 252 g/mol. The molecule has 2 atom stereocenters. The van der Waals surface area contributed by atoms with Crippen molar-refractivity contribution >= 4 is 11.6 Å². The summed E-state index contributed by atoms with van der Waals surface area (Å²) in [7, 11) is 0. The van der Waals surface area contributed by atoms with E-state index in [-0.39, 0.29) is 17.6 Å². The summed E-state index contributed by atoms with van der Waals surface area (Å²) >= 11 is 0. The van der Waals surface area contributed by atoms with E-state index in [1.54, 1.807) is 0 Å². The van der Waals surface area contributed by atoms with Gasteiger partial charge < -0.3 is 16.2 Å². The van der Waals surface area contributed by atoms with Gasteiger partial charge in [0.25, 0.3) is 5.91 Å². The number of halogens is 1. The summed E-state index contributed by atoms with van der Waals surface area (Å²) in [4.78, 5) is 11.9. The van der Waals surface area contributed by atoms with Crippen molar-refractivity contribution in [2.75, 3.05) is 5.73 Å². The molecule has 1 amide bonds. The minimum atomic E-state index is -0.538. The van der Waals surface area contributed by atoms with Crippen molar-refractivity contribution in [3.63, 3.8) is 0 Å². The third-order valence-electron chi connectivity index (χ3n) is 3.30. The molecule has 0 unspecified atom stereocenters. The van der Waals surface area contributed by atoms with E-state index in [0.717, 1.165) is 19.3 Å². The van der Waals surface area contributed by atoms with Crippen molar-refractivity contribution in [2.45, 2.75) is 37.8 Å². The highest BCUT2D eigenvalue weighted by atomic mass is 19.1. The van der Waals surface area contributed by atoms with Crippen molar-refractivity contribution in [1.82, 2.24) is 5.32 Å². The predicted molar refractivity (Wildman–Crippen MR) is 66.5 cm³/mol. The number of aliphatic hydroxyl groups excluding tert-OH is 1. The van der Waals surface area contributed by atoms with E-state index in [2.05, 4.69) is 5.32 Å². The van der Waals surface area contributed by atoms with Gasteiger partial charge in [0, 0.05) is 5.56 Å². The lowest BCUT2D eigenvalue weighted by Crippen LogP contribution is -2.45. The Morgan fingerprint density at radius 3 is 2.78 bits per heavy atom. The molecule has 0 spiro atoms. The molecule has 4 nitrogen and oxygen atoms in total. The molecule has 2 rings (SSSR count). The molecular formula is C13H17FN2O2. The monoisotopic (exact) mass is 252 g/mol. The molecule has 18 heavy (non-hydrogen) atoms. The first-order valence-corrected chi connectivity index (χ1v) is 6.12. The number of carbonyl (C=O) groups is 1. The Balaban J connectivity index is 2.04. The second kappa shape index (κ2) is 5.35. The Morgan fingerprint density at radius 1 is 1.39 bits per heavy atom. The average Bonchev–Trinajstić information content (AvgIpc) is 2.35. The van der Waals surface area contributed by atoms with Crippen LogP contribution in [0.2, 0.25) is 0 Å². The Morgan fingerprint density at radius 2 is 2.11 bits per heavy atom. The number of nitrogen functional groups attached to an aromatic ring is 1. The number of hydrogen-bond donors (Lipinski definition) is 3. The SMILES string of the molecule is Nc1cc(C(=O)N[C@@H]2CCCC[C@H]2O)ccc1F. The summed E-state index contributed by atoms with van der Waals surface area (Å²) in [6.45, 7) is 0. The topological polar surface area (TPSA) is 75.4 Å². The molecule has 1 aromatic carbocycles. The fourth-order valence-corrected chi connectivity index (χ4v) is 2.22. The van der Waals surface area contributed by atoms with Crippen LogP contribution < -0.4 is 11.1 Å². The summed E-state index contributed by atoms with van der Waals surface area (Å²) in [5.74, 6) is -0.864. The molecule has 0 radical (unpaired) electrons. The van der Waals surface area contributed by atoms with E-state index in [1.165, 1.54) is 18.2 Å². The Hall–Kier alpha value is -1.62. The Labute approximate surface area is 105 Å². The number of benzene rings is 1. The van der Waals surface area contributed by atoms with Crippen LogP contribution in [0.3, 0.4) is 0 Å². The fraction of sp³-hybridized carbons (Fsp3) is 0.462. The van der Waals surface area contributed by atoms with Crippen molar-refractivity contribution in [1.29, 1.82) is 0 Å². The number of carbonyl (C=O) groups excluding carboxylic acids is 1. The number of amides is 1. The molecule has 0 heterocycles. The molecule has 4 N–H and O–H groups in total. The molecule has 0 aromatic heterocycles. The third kappa shape index (κ3) is 2.79. The minimum Gasteiger partial charge on any atom is -0.396 e. The molecule has 0 saturated heterocycles. The number of nitrogens with one attached hydrogen (secondary N) is 1. The normalized spacial score (nSPS) is 23.7. The first-order chi connectivity index (χ1) is 8.58. The number of anilines is 1. The molecule has 1 saturated carbocycles. The fourth-order valence-electron chi connectivity index (χ4n) is 2.22. The number of hydrogen-bond acceptors (Lipinski definition) is 3. The predicted octanol–water partition coefficient (Wildman–Crippen LogP) is 1.44. The summed E-state index contributed by atoms with van der Waals surface area (Å²) in [5.41, 5.74) is 5.68.